The first-order valence-electron chi connectivity index (χ1n) is 8.00. The van der Waals surface area contributed by atoms with E-state index in [2.05, 4.69) is 13.0 Å². The fourth-order valence-corrected chi connectivity index (χ4v) is 3.91. The third-order valence-corrected chi connectivity index (χ3v) is 5.04. The maximum Gasteiger partial charge on any atom is 0.166 e. The third-order valence-electron chi connectivity index (χ3n) is 5.04. The van der Waals surface area contributed by atoms with Crippen LogP contribution < -0.4 is 0 Å². The second-order valence-electron chi connectivity index (χ2n) is 6.30. The molecule has 1 aliphatic carbocycles. The van der Waals surface area contributed by atoms with Crippen molar-refractivity contribution >= 4 is 5.78 Å². The number of hydrogen-bond donors (Lipinski definition) is 0. The van der Waals surface area contributed by atoms with Crippen LogP contribution in [0.4, 0.5) is 0 Å². The Morgan fingerprint density at radius 2 is 2.05 bits per heavy atom. The monoisotopic (exact) mass is 272 g/mol. The quantitative estimate of drug-likeness (QED) is 0.772. The predicted octanol–water partition coefficient (Wildman–Crippen LogP) is 4.17. The Hall–Kier alpha value is -1.15. The molecule has 1 spiro atoms. The summed E-state index contributed by atoms with van der Waals surface area (Å²) in [6.45, 7) is 2.87. The Kier molecular flexibility index (Phi) is 3.93. The number of rotatable bonds is 3. The molecule has 108 valence electrons. The van der Waals surface area contributed by atoms with Gasteiger partial charge in [0, 0.05) is 18.1 Å². The molecule has 1 unspecified atom stereocenters. The number of hydrogen-bond acceptors (Lipinski definition) is 2. The van der Waals surface area contributed by atoms with Crippen LogP contribution in [0.5, 0.6) is 0 Å². The molecular formula is C18H24O2. The van der Waals surface area contributed by atoms with Gasteiger partial charge in [0.25, 0.3) is 0 Å². The molecule has 1 aliphatic heterocycles. The number of Topliss-reactive ketones (excluding diaryl/α,β-unsaturated/α-hetero) is 1. The summed E-state index contributed by atoms with van der Waals surface area (Å²) in [5.74, 6) is 0.506. The number of ether oxygens (including phenoxy) is 1. The van der Waals surface area contributed by atoms with Gasteiger partial charge in [0.1, 0.15) is 0 Å². The Morgan fingerprint density at radius 1 is 1.30 bits per heavy atom. The van der Waals surface area contributed by atoms with E-state index < -0.39 is 0 Å². The fraction of sp³-hybridized carbons (Fsp3) is 0.611. The van der Waals surface area contributed by atoms with Gasteiger partial charge < -0.3 is 4.74 Å². The van der Waals surface area contributed by atoms with Gasteiger partial charge in [-0.05, 0) is 37.7 Å². The van der Waals surface area contributed by atoms with Crippen molar-refractivity contribution in [1.82, 2.24) is 0 Å². The van der Waals surface area contributed by atoms with Crippen LogP contribution in [0.1, 0.15) is 61.4 Å². The molecule has 20 heavy (non-hydrogen) atoms. The van der Waals surface area contributed by atoms with Gasteiger partial charge in [-0.1, -0.05) is 44.0 Å². The molecule has 0 bridgehead atoms. The molecule has 0 N–H and O–H groups in total. The highest BCUT2D eigenvalue weighted by atomic mass is 16.5. The van der Waals surface area contributed by atoms with E-state index in [9.17, 15) is 4.79 Å². The van der Waals surface area contributed by atoms with E-state index in [1.54, 1.807) is 0 Å². The SMILES string of the molecule is CCc1ccccc1C(=O)C1CCOC2(CCCC2)C1. The maximum absolute atomic E-state index is 12.9. The summed E-state index contributed by atoms with van der Waals surface area (Å²) in [5, 5.41) is 0. The standard InChI is InChI=1S/C18H24O2/c1-2-14-7-3-4-8-16(14)17(19)15-9-12-20-18(13-15)10-5-6-11-18/h3-4,7-8,15H,2,5-6,9-13H2,1H3. The zero-order valence-corrected chi connectivity index (χ0v) is 12.4. The summed E-state index contributed by atoms with van der Waals surface area (Å²) >= 11 is 0. The number of carbonyl (C=O) groups excluding carboxylic acids is 1. The first kappa shape index (κ1) is 13.8. The van der Waals surface area contributed by atoms with Gasteiger partial charge in [0.05, 0.1) is 5.60 Å². The van der Waals surface area contributed by atoms with Crippen LogP contribution in [0.15, 0.2) is 24.3 Å². The minimum atomic E-state index is 0.0275. The van der Waals surface area contributed by atoms with E-state index >= 15 is 0 Å². The Labute approximate surface area is 121 Å². The average molecular weight is 272 g/mol. The number of benzene rings is 1. The first-order valence-corrected chi connectivity index (χ1v) is 8.00. The van der Waals surface area contributed by atoms with Crippen molar-refractivity contribution < 1.29 is 9.53 Å². The van der Waals surface area contributed by atoms with Gasteiger partial charge in [-0.2, -0.15) is 0 Å². The van der Waals surface area contributed by atoms with E-state index in [1.807, 2.05) is 18.2 Å². The Bertz CT molecular complexity index is 486. The van der Waals surface area contributed by atoms with Crippen LogP contribution in [0.25, 0.3) is 0 Å². The highest BCUT2D eigenvalue weighted by Crippen LogP contribution is 2.42. The molecule has 3 rings (SSSR count). The second-order valence-corrected chi connectivity index (χ2v) is 6.30. The predicted molar refractivity (Wildman–Crippen MR) is 80.0 cm³/mol. The molecule has 1 atom stereocenters. The van der Waals surface area contributed by atoms with Crippen molar-refractivity contribution in [2.75, 3.05) is 6.61 Å². The van der Waals surface area contributed by atoms with Gasteiger partial charge in [0.15, 0.2) is 5.78 Å². The summed E-state index contributed by atoms with van der Waals surface area (Å²) in [6, 6.07) is 8.09. The lowest BCUT2D eigenvalue weighted by Crippen LogP contribution is -2.39. The lowest BCUT2D eigenvalue weighted by Gasteiger charge is -2.37. The van der Waals surface area contributed by atoms with E-state index in [0.29, 0.717) is 5.78 Å². The minimum absolute atomic E-state index is 0.0275. The third kappa shape index (κ3) is 2.54. The summed E-state index contributed by atoms with van der Waals surface area (Å²) in [7, 11) is 0. The zero-order chi connectivity index (χ0) is 14.0. The molecule has 2 fully saturated rings. The van der Waals surface area contributed by atoms with Crippen molar-refractivity contribution in [1.29, 1.82) is 0 Å². The number of ketones is 1. The highest BCUT2D eigenvalue weighted by molar-refractivity contribution is 5.99. The number of aryl methyl sites for hydroxylation is 1. The van der Waals surface area contributed by atoms with E-state index in [0.717, 1.165) is 44.3 Å². The summed E-state index contributed by atoms with van der Waals surface area (Å²) in [4.78, 5) is 12.9. The topological polar surface area (TPSA) is 26.3 Å². The fourth-order valence-electron chi connectivity index (χ4n) is 3.91. The van der Waals surface area contributed by atoms with Crippen molar-refractivity contribution in [2.45, 2.75) is 57.5 Å². The Balaban J connectivity index is 1.79. The molecular weight excluding hydrogens is 248 g/mol. The van der Waals surface area contributed by atoms with Crippen molar-refractivity contribution in [3.05, 3.63) is 35.4 Å². The normalized spacial score (nSPS) is 24.9. The van der Waals surface area contributed by atoms with Gasteiger partial charge in [-0.3, -0.25) is 4.79 Å². The van der Waals surface area contributed by atoms with Gasteiger partial charge >= 0.3 is 0 Å². The molecule has 2 nitrogen and oxygen atoms in total. The minimum Gasteiger partial charge on any atom is -0.375 e. The Morgan fingerprint density at radius 3 is 2.80 bits per heavy atom. The lowest BCUT2D eigenvalue weighted by atomic mass is 9.80. The summed E-state index contributed by atoms with van der Waals surface area (Å²) in [5.41, 5.74) is 2.15. The molecule has 2 aliphatic rings. The molecule has 0 aromatic heterocycles. The summed E-state index contributed by atoms with van der Waals surface area (Å²) in [6.07, 6.45) is 7.55. The van der Waals surface area contributed by atoms with Crippen molar-refractivity contribution in [2.24, 2.45) is 5.92 Å². The molecule has 1 aromatic rings. The van der Waals surface area contributed by atoms with Crippen LogP contribution >= 0.6 is 0 Å². The molecule has 2 heteroatoms. The average Bonchev–Trinajstić information content (AvgIpc) is 2.94. The van der Waals surface area contributed by atoms with Crippen molar-refractivity contribution in [3.63, 3.8) is 0 Å². The second kappa shape index (κ2) is 5.69. The van der Waals surface area contributed by atoms with Gasteiger partial charge in [-0.25, -0.2) is 0 Å². The van der Waals surface area contributed by atoms with Gasteiger partial charge in [0.2, 0.25) is 0 Å². The molecule has 1 saturated carbocycles. The summed E-state index contributed by atoms with van der Waals surface area (Å²) < 4.78 is 6.05. The van der Waals surface area contributed by atoms with Crippen LogP contribution in [0.2, 0.25) is 0 Å². The van der Waals surface area contributed by atoms with Crippen LogP contribution in [0.3, 0.4) is 0 Å². The van der Waals surface area contributed by atoms with Crippen LogP contribution in [-0.2, 0) is 11.2 Å². The molecule has 0 amide bonds. The highest BCUT2D eigenvalue weighted by Gasteiger charge is 2.42. The number of carbonyl (C=O) groups is 1. The van der Waals surface area contributed by atoms with E-state index in [-0.39, 0.29) is 11.5 Å². The molecule has 1 aromatic carbocycles. The lowest BCUT2D eigenvalue weighted by molar-refractivity contribution is -0.0866. The molecule has 1 heterocycles. The molecule has 0 radical (unpaired) electrons. The zero-order valence-electron chi connectivity index (χ0n) is 12.4. The van der Waals surface area contributed by atoms with Crippen LogP contribution in [-0.4, -0.2) is 18.0 Å². The first-order chi connectivity index (χ1) is 9.74. The molecule has 1 saturated heterocycles. The maximum atomic E-state index is 12.9. The van der Waals surface area contributed by atoms with E-state index in [1.165, 1.54) is 18.4 Å². The van der Waals surface area contributed by atoms with Crippen LogP contribution in [0, 0.1) is 5.92 Å². The van der Waals surface area contributed by atoms with Crippen molar-refractivity contribution in [3.8, 4) is 0 Å². The smallest absolute Gasteiger partial charge is 0.166 e. The van der Waals surface area contributed by atoms with Gasteiger partial charge in [-0.15, -0.1) is 0 Å². The van der Waals surface area contributed by atoms with E-state index in [4.69, 9.17) is 4.74 Å². The largest absolute Gasteiger partial charge is 0.375 e.